The van der Waals surface area contributed by atoms with E-state index in [0.717, 1.165) is 19.3 Å². The molecule has 0 aliphatic heterocycles. The molecule has 1 fully saturated rings. The van der Waals surface area contributed by atoms with E-state index in [4.69, 9.17) is 5.11 Å². The second kappa shape index (κ2) is 4.30. The van der Waals surface area contributed by atoms with Gasteiger partial charge in [-0.05, 0) is 32.1 Å². The highest BCUT2D eigenvalue weighted by Crippen LogP contribution is 2.35. The first kappa shape index (κ1) is 11.5. The smallest absolute Gasteiger partial charge is 0.309 e. The zero-order valence-electron chi connectivity index (χ0n) is 8.99. The molecule has 3 unspecified atom stereocenters. The topological polar surface area (TPSA) is 57.5 Å². The summed E-state index contributed by atoms with van der Waals surface area (Å²) in [4.78, 5) is 10.8. The van der Waals surface area contributed by atoms with E-state index in [1.807, 2.05) is 0 Å². The summed E-state index contributed by atoms with van der Waals surface area (Å²) in [5.41, 5.74) is -0.976. The first-order valence-electron chi connectivity index (χ1n) is 5.41. The molecule has 3 nitrogen and oxygen atoms in total. The summed E-state index contributed by atoms with van der Waals surface area (Å²) in [5.74, 6) is -0.917. The Hall–Kier alpha value is -0.570. The van der Waals surface area contributed by atoms with E-state index in [2.05, 4.69) is 6.92 Å². The second-order valence-corrected chi connectivity index (χ2v) is 4.70. The van der Waals surface area contributed by atoms with Crippen molar-refractivity contribution in [2.24, 2.45) is 11.8 Å². The molecule has 3 atom stereocenters. The molecule has 0 saturated heterocycles. The molecule has 0 radical (unpaired) electrons. The Balaban J connectivity index is 2.67. The molecule has 0 spiro atoms. The lowest BCUT2D eigenvalue weighted by atomic mass is 9.82. The molecular weight excluding hydrogens is 180 g/mol. The van der Waals surface area contributed by atoms with Gasteiger partial charge in [0.1, 0.15) is 0 Å². The number of aliphatic hydroxyl groups is 1. The van der Waals surface area contributed by atoms with Crippen molar-refractivity contribution in [3.63, 3.8) is 0 Å². The molecule has 0 heterocycles. The van der Waals surface area contributed by atoms with Gasteiger partial charge in [0.25, 0.3) is 0 Å². The molecule has 0 aromatic heterocycles. The van der Waals surface area contributed by atoms with Crippen LogP contribution in [0.1, 0.15) is 46.0 Å². The molecule has 1 aliphatic rings. The number of hydrogen-bond acceptors (Lipinski definition) is 2. The maximum absolute atomic E-state index is 10.8. The molecule has 82 valence electrons. The van der Waals surface area contributed by atoms with Crippen LogP contribution in [-0.2, 0) is 4.79 Å². The van der Waals surface area contributed by atoms with Crippen LogP contribution in [0, 0.1) is 11.8 Å². The summed E-state index contributed by atoms with van der Waals surface area (Å²) in [6.07, 6.45) is 4.24. The van der Waals surface area contributed by atoms with Gasteiger partial charge in [0.05, 0.1) is 11.5 Å². The van der Waals surface area contributed by atoms with Crippen molar-refractivity contribution in [2.75, 3.05) is 0 Å². The second-order valence-electron chi connectivity index (χ2n) is 4.70. The lowest BCUT2D eigenvalue weighted by Gasteiger charge is -2.30. The van der Waals surface area contributed by atoms with Gasteiger partial charge in [0, 0.05) is 0 Å². The van der Waals surface area contributed by atoms with Crippen molar-refractivity contribution in [1.82, 2.24) is 0 Å². The van der Waals surface area contributed by atoms with Crippen LogP contribution in [-0.4, -0.2) is 21.8 Å². The first-order chi connectivity index (χ1) is 6.46. The van der Waals surface area contributed by atoms with Crippen LogP contribution in [0.3, 0.4) is 0 Å². The van der Waals surface area contributed by atoms with E-state index in [1.54, 1.807) is 6.92 Å². The summed E-state index contributed by atoms with van der Waals surface area (Å²) in [7, 11) is 0. The first-order valence-corrected chi connectivity index (χ1v) is 5.41. The average Bonchev–Trinajstić information content (AvgIpc) is 2.28. The normalized spacial score (nSPS) is 36.1. The minimum absolute atomic E-state index is 0.616. The summed E-state index contributed by atoms with van der Waals surface area (Å²) >= 11 is 0. The lowest BCUT2D eigenvalue weighted by molar-refractivity contribution is -0.151. The standard InChI is InChI=1S/C11H20O3/c1-8-4-3-6-11(14,7-5-8)9(2)10(12)13/h8-9,14H,3-7H2,1-2H3,(H,12,13). The Kier molecular flexibility index (Phi) is 3.53. The van der Waals surface area contributed by atoms with Crippen molar-refractivity contribution < 1.29 is 15.0 Å². The Labute approximate surface area is 85.1 Å². The van der Waals surface area contributed by atoms with Crippen molar-refractivity contribution in [3.05, 3.63) is 0 Å². The van der Waals surface area contributed by atoms with Crippen molar-refractivity contribution in [3.8, 4) is 0 Å². The third-order valence-corrected chi connectivity index (χ3v) is 3.55. The number of carboxylic acid groups (broad SMARTS) is 1. The minimum atomic E-state index is -0.976. The number of rotatable bonds is 2. The van der Waals surface area contributed by atoms with Crippen LogP contribution < -0.4 is 0 Å². The van der Waals surface area contributed by atoms with E-state index in [1.165, 1.54) is 0 Å². The highest BCUT2D eigenvalue weighted by atomic mass is 16.4. The predicted octanol–water partition coefficient (Wildman–Crippen LogP) is 2.04. The average molecular weight is 200 g/mol. The third-order valence-electron chi connectivity index (χ3n) is 3.55. The zero-order chi connectivity index (χ0) is 10.8. The largest absolute Gasteiger partial charge is 0.481 e. The van der Waals surface area contributed by atoms with Gasteiger partial charge in [-0.3, -0.25) is 4.79 Å². The molecule has 14 heavy (non-hydrogen) atoms. The number of carboxylic acids is 1. The van der Waals surface area contributed by atoms with Crippen LogP contribution in [0.15, 0.2) is 0 Å². The molecular formula is C11H20O3. The monoisotopic (exact) mass is 200 g/mol. The zero-order valence-corrected chi connectivity index (χ0v) is 8.99. The van der Waals surface area contributed by atoms with Gasteiger partial charge in [0.2, 0.25) is 0 Å². The summed E-state index contributed by atoms with van der Waals surface area (Å²) in [6.45, 7) is 3.77. The SMILES string of the molecule is CC1CCCC(O)(C(C)C(=O)O)CC1. The maximum atomic E-state index is 10.8. The Morgan fingerprint density at radius 2 is 2.07 bits per heavy atom. The highest BCUT2D eigenvalue weighted by molar-refractivity contribution is 5.71. The molecule has 2 N–H and O–H groups in total. The third kappa shape index (κ3) is 2.47. The van der Waals surface area contributed by atoms with Gasteiger partial charge in [-0.15, -0.1) is 0 Å². The minimum Gasteiger partial charge on any atom is -0.481 e. The molecule has 1 rings (SSSR count). The van der Waals surface area contributed by atoms with Gasteiger partial charge < -0.3 is 10.2 Å². The molecule has 3 heteroatoms. The van der Waals surface area contributed by atoms with E-state index >= 15 is 0 Å². The van der Waals surface area contributed by atoms with E-state index in [0.29, 0.717) is 18.8 Å². The van der Waals surface area contributed by atoms with Gasteiger partial charge in [-0.2, -0.15) is 0 Å². The Bertz CT molecular complexity index is 215. The molecule has 0 aromatic rings. The van der Waals surface area contributed by atoms with Crippen LogP contribution >= 0.6 is 0 Å². The van der Waals surface area contributed by atoms with Gasteiger partial charge in [-0.25, -0.2) is 0 Å². The number of aliphatic carboxylic acids is 1. The Morgan fingerprint density at radius 3 is 2.64 bits per heavy atom. The van der Waals surface area contributed by atoms with Gasteiger partial charge in [0.15, 0.2) is 0 Å². The molecule has 1 saturated carbocycles. The van der Waals surface area contributed by atoms with Gasteiger partial charge in [-0.1, -0.05) is 19.8 Å². The molecule has 0 aromatic carbocycles. The van der Waals surface area contributed by atoms with Crippen molar-refractivity contribution >= 4 is 5.97 Å². The van der Waals surface area contributed by atoms with Crippen molar-refractivity contribution in [1.29, 1.82) is 0 Å². The van der Waals surface area contributed by atoms with E-state index in [-0.39, 0.29) is 0 Å². The predicted molar refractivity (Wildman–Crippen MR) is 54.0 cm³/mol. The summed E-state index contributed by atoms with van der Waals surface area (Å²) < 4.78 is 0. The molecule has 0 amide bonds. The Morgan fingerprint density at radius 1 is 1.43 bits per heavy atom. The van der Waals surface area contributed by atoms with Crippen LogP contribution in [0.2, 0.25) is 0 Å². The quantitative estimate of drug-likeness (QED) is 0.671. The van der Waals surface area contributed by atoms with E-state index in [9.17, 15) is 9.90 Å². The van der Waals surface area contributed by atoms with Crippen LogP contribution in [0.25, 0.3) is 0 Å². The van der Waals surface area contributed by atoms with Gasteiger partial charge >= 0.3 is 5.97 Å². The number of hydrogen-bond donors (Lipinski definition) is 2. The fraction of sp³-hybridized carbons (Fsp3) is 0.909. The maximum Gasteiger partial charge on any atom is 0.309 e. The van der Waals surface area contributed by atoms with Crippen LogP contribution in [0.5, 0.6) is 0 Å². The number of carbonyl (C=O) groups is 1. The highest BCUT2D eigenvalue weighted by Gasteiger charge is 2.39. The van der Waals surface area contributed by atoms with Crippen LogP contribution in [0.4, 0.5) is 0 Å². The summed E-state index contributed by atoms with van der Waals surface area (Å²) in [6, 6.07) is 0. The fourth-order valence-electron chi connectivity index (χ4n) is 2.19. The van der Waals surface area contributed by atoms with E-state index < -0.39 is 17.5 Å². The van der Waals surface area contributed by atoms with Crippen molar-refractivity contribution in [2.45, 2.75) is 51.6 Å². The fourth-order valence-corrected chi connectivity index (χ4v) is 2.19. The molecule has 0 bridgehead atoms. The molecule has 1 aliphatic carbocycles. The lowest BCUT2D eigenvalue weighted by Crippen LogP contribution is -2.40. The summed E-state index contributed by atoms with van der Waals surface area (Å²) in [5, 5.41) is 19.1.